The number of rotatable bonds is 5. The Bertz CT molecular complexity index is 1730. The first kappa shape index (κ1) is 29.8. The zero-order chi connectivity index (χ0) is 30.6. The van der Waals surface area contributed by atoms with E-state index in [2.05, 4.69) is 21.5 Å². The molecule has 3 aromatic rings. The predicted octanol–water partition coefficient (Wildman–Crippen LogP) is 3.97. The van der Waals surface area contributed by atoms with Gasteiger partial charge in [-0.2, -0.15) is 14.7 Å². The highest BCUT2D eigenvalue weighted by Crippen LogP contribution is 2.38. The molecule has 42 heavy (non-hydrogen) atoms. The second-order valence-corrected chi connectivity index (χ2v) is 14.6. The average molecular weight is 597 g/mol. The molecule has 0 radical (unpaired) electrons. The number of carbonyl (C=O) groups is 1. The number of aromatic nitrogens is 3. The molecule has 2 aliphatic rings. The van der Waals surface area contributed by atoms with Crippen molar-refractivity contribution < 1.29 is 22.7 Å². The molecule has 4 heterocycles. The molecule has 0 bridgehead atoms. The number of nitrogens with zero attached hydrogens (tertiary/aromatic N) is 4. The topological polar surface area (TPSA) is 159 Å². The fourth-order valence-electron chi connectivity index (χ4n) is 5.46. The first-order valence-corrected chi connectivity index (χ1v) is 15.3. The third-order valence-electron chi connectivity index (χ3n) is 7.41. The molecule has 2 aliphatic heterocycles. The molecule has 1 saturated heterocycles. The highest BCUT2D eigenvalue weighted by atomic mass is 32.2. The van der Waals surface area contributed by atoms with Gasteiger partial charge >= 0.3 is 5.97 Å². The first-order chi connectivity index (χ1) is 19.6. The van der Waals surface area contributed by atoms with Crippen LogP contribution in [-0.4, -0.2) is 57.3 Å². The van der Waals surface area contributed by atoms with Gasteiger partial charge in [0.25, 0.3) is 5.56 Å². The van der Waals surface area contributed by atoms with Gasteiger partial charge in [-0.3, -0.25) is 4.79 Å². The van der Waals surface area contributed by atoms with Crippen molar-refractivity contribution in [2.45, 2.75) is 89.1 Å². The van der Waals surface area contributed by atoms with Crippen LogP contribution in [0.1, 0.15) is 66.0 Å². The fraction of sp³-hybridized carbons (Fsp3) is 0.517. The summed E-state index contributed by atoms with van der Waals surface area (Å²) in [6.45, 7) is 11.3. The minimum Gasteiger partial charge on any atom is -0.458 e. The number of fused-ring (bicyclic) bond motifs is 2. The number of aromatic amines is 1. The Morgan fingerprint density at radius 2 is 1.95 bits per heavy atom. The lowest BCUT2D eigenvalue weighted by Crippen LogP contribution is -2.41. The number of pyridine rings is 1. The van der Waals surface area contributed by atoms with Crippen molar-refractivity contribution in [1.29, 1.82) is 5.26 Å². The van der Waals surface area contributed by atoms with Crippen molar-refractivity contribution in [3.63, 3.8) is 0 Å². The molecule has 5 rings (SSSR count). The van der Waals surface area contributed by atoms with Gasteiger partial charge in [-0.15, -0.1) is 0 Å². The van der Waals surface area contributed by atoms with E-state index in [0.717, 1.165) is 0 Å². The summed E-state index contributed by atoms with van der Waals surface area (Å²) >= 11 is 0. The van der Waals surface area contributed by atoms with Crippen molar-refractivity contribution >= 4 is 38.4 Å². The van der Waals surface area contributed by atoms with E-state index in [4.69, 9.17) is 9.47 Å². The predicted molar refractivity (Wildman–Crippen MR) is 156 cm³/mol. The van der Waals surface area contributed by atoms with Gasteiger partial charge in [-0.05, 0) is 84.2 Å². The molecule has 1 fully saturated rings. The average Bonchev–Trinajstić information content (AvgIpc) is 3.39. The molecule has 3 atom stereocenters. The molecular weight excluding hydrogens is 560 g/mol. The Kier molecular flexibility index (Phi) is 7.45. The number of anilines is 2. The molecule has 13 heteroatoms. The smallest absolute Gasteiger partial charge is 0.335 e. The van der Waals surface area contributed by atoms with Crippen LogP contribution in [-0.2, 0) is 30.8 Å². The molecular formula is C29H36N6O6S. The SMILES string of the molecule is CC(C)(C)OC(=O)C1CCC(C(C#N)n2nc(Nc3ccc4c(c3)CN(C(C)(C)C)S4(=O)=O)c3c(=O)[nH]ccc32)CO1. The number of sulfonamides is 1. The second kappa shape index (κ2) is 10.5. The molecule has 224 valence electrons. The van der Waals surface area contributed by atoms with E-state index in [9.17, 15) is 23.3 Å². The van der Waals surface area contributed by atoms with Crippen LogP contribution in [0.4, 0.5) is 11.5 Å². The van der Waals surface area contributed by atoms with Crippen LogP contribution in [0.2, 0.25) is 0 Å². The fourth-order valence-corrected chi connectivity index (χ4v) is 7.42. The summed E-state index contributed by atoms with van der Waals surface area (Å²) in [7, 11) is -3.62. The molecule has 0 saturated carbocycles. The largest absolute Gasteiger partial charge is 0.458 e. The number of esters is 1. The van der Waals surface area contributed by atoms with Gasteiger partial charge in [0.05, 0.1) is 23.1 Å². The van der Waals surface area contributed by atoms with Gasteiger partial charge in [0.2, 0.25) is 10.0 Å². The van der Waals surface area contributed by atoms with Crippen LogP contribution in [0.3, 0.4) is 0 Å². The highest BCUT2D eigenvalue weighted by Gasteiger charge is 2.41. The van der Waals surface area contributed by atoms with E-state index in [1.54, 1.807) is 45.0 Å². The number of ether oxygens (including phenoxy) is 2. The Hall–Kier alpha value is -3.73. The monoisotopic (exact) mass is 596 g/mol. The Morgan fingerprint density at radius 3 is 2.57 bits per heavy atom. The number of hydrogen-bond acceptors (Lipinski definition) is 9. The van der Waals surface area contributed by atoms with Crippen LogP contribution < -0.4 is 10.9 Å². The van der Waals surface area contributed by atoms with Crippen LogP contribution in [0.15, 0.2) is 40.2 Å². The quantitative estimate of drug-likeness (QED) is 0.416. The van der Waals surface area contributed by atoms with Gasteiger partial charge in [0, 0.05) is 29.9 Å². The van der Waals surface area contributed by atoms with Crippen LogP contribution in [0.25, 0.3) is 10.9 Å². The van der Waals surface area contributed by atoms with Gasteiger partial charge in [-0.1, -0.05) is 0 Å². The summed E-state index contributed by atoms with van der Waals surface area (Å²) in [6.07, 6.45) is 1.72. The van der Waals surface area contributed by atoms with Crippen molar-refractivity contribution in [3.05, 3.63) is 46.4 Å². The van der Waals surface area contributed by atoms with Crippen molar-refractivity contribution in [3.8, 4) is 6.07 Å². The number of nitrogens with one attached hydrogen (secondary N) is 2. The second-order valence-electron chi connectivity index (χ2n) is 12.8. The maximum Gasteiger partial charge on any atom is 0.335 e. The van der Waals surface area contributed by atoms with Crippen molar-refractivity contribution in [2.75, 3.05) is 11.9 Å². The van der Waals surface area contributed by atoms with Crippen molar-refractivity contribution in [1.82, 2.24) is 19.1 Å². The first-order valence-electron chi connectivity index (χ1n) is 13.9. The lowest BCUT2D eigenvalue weighted by Gasteiger charge is -2.32. The molecule has 0 spiro atoms. The molecule has 0 amide bonds. The number of H-pyrrole nitrogens is 1. The third-order valence-corrected chi connectivity index (χ3v) is 9.62. The van der Waals surface area contributed by atoms with E-state index in [0.29, 0.717) is 29.6 Å². The van der Waals surface area contributed by atoms with Crippen LogP contribution in [0, 0.1) is 17.2 Å². The van der Waals surface area contributed by atoms with E-state index in [1.165, 1.54) is 15.2 Å². The number of hydrogen-bond donors (Lipinski definition) is 2. The Morgan fingerprint density at radius 1 is 1.21 bits per heavy atom. The highest BCUT2D eigenvalue weighted by molar-refractivity contribution is 7.89. The van der Waals surface area contributed by atoms with E-state index >= 15 is 0 Å². The summed E-state index contributed by atoms with van der Waals surface area (Å²) < 4.78 is 40.4. The number of carbonyl (C=O) groups excluding carboxylic acids is 1. The summed E-state index contributed by atoms with van der Waals surface area (Å²) in [5.74, 6) is -0.466. The molecule has 0 aliphatic carbocycles. The van der Waals surface area contributed by atoms with E-state index in [1.807, 2.05) is 20.8 Å². The normalized spacial score (nSPS) is 21.5. The maximum absolute atomic E-state index is 13.1. The third kappa shape index (κ3) is 5.54. The van der Waals surface area contributed by atoms with Crippen LogP contribution in [0.5, 0.6) is 0 Å². The van der Waals surface area contributed by atoms with Crippen LogP contribution >= 0.6 is 0 Å². The van der Waals surface area contributed by atoms with Gasteiger partial charge < -0.3 is 19.8 Å². The molecule has 1 aromatic carbocycles. The summed E-state index contributed by atoms with van der Waals surface area (Å²) in [4.78, 5) is 28.4. The molecule has 2 N–H and O–H groups in total. The number of benzene rings is 1. The lowest BCUT2D eigenvalue weighted by molar-refractivity contribution is -0.173. The minimum atomic E-state index is -3.62. The standard InChI is InChI=1S/C29H36N6O6S/c1-28(2,3)34-15-18-13-19(8-10-23(18)42(34,38)39)32-25-24-20(11-12-31-26(24)36)35(33-25)21(14-30)17-7-9-22(40-16-17)27(37)41-29(4,5)6/h8,10-13,17,21-22H,7,9,15-16H2,1-6H3,(H,31,36)(H,32,33). The number of nitriles is 1. The van der Waals surface area contributed by atoms with Gasteiger partial charge in [0.1, 0.15) is 17.0 Å². The Labute approximate surface area is 244 Å². The zero-order valence-corrected chi connectivity index (χ0v) is 25.4. The lowest BCUT2D eigenvalue weighted by atomic mass is 9.92. The maximum atomic E-state index is 13.1. The molecule has 3 unspecified atom stereocenters. The zero-order valence-electron chi connectivity index (χ0n) is 24.6. The molecule has 12 nitrogen and oxygen atoms in total. The Balaban J connectivity index is 1.42. The summed E-state index contributed by atoms with van der Waals surface area (Å²) in [5, 5.41) is 18.3. The minimum absolute atomic E-state index is 0.152. The summed E-state index contributed by atoms with van der Waals surface area (Å²) in [6, 6.07) is 8.17. The summed E-state index contributed by atoms with van der Waals surface area (Å²) in [5.41, 5.74) is 0.0620. The van der Waals surface area contributed by atoms with Crippen molar-refractivity contribution in [2.24, 2.45) is 5.92 Å². The van der Waals surface area contributed by atoms with E-state index in [-0.39, 0.29) is 40.7 Å². The molecule has 2 aromatic heterocycles. The van der Waals surface area contributed by atoms with Gasteiger partial charge in [0.15, 0.2) is 11.9 Å². The van der Waals surface area contributed by atoms with E-state index < -0.39 is 39.3 Å². The van der Waals surface area contributed by atoms with Gasteiger partial charge in [-0.25, -0.2) is 17.9 Å².